The fourth-order valence-corrected chi connectivity index (χ4v) is 4.49. The van der Waals surface area contributed by atoms with E-state index in [1.54, 1.807) is 31.0 Å². The van der Waals surface area contributed by atoms with E-state index in [1.807, 2.05) is 36.4 Å². The Morgan fingerprint density at radius 2 is 1.91 bits per heavy atom. The summed E-state index contributed by atoms with van der Waals surface area (Å²) in [5.41, 5.74) is 3.22. The lowest BCUT2D eigenvalue weighted by Crippen LogP contribution is -2.29. The molecule has 176 valence electrons. The third kappa shape index (κ3) is 5.66. The number of hydrogen-bond acceptors (Lipinski definition) is 6. The number of carbonyl (C=O) groups is 1. The first-order valence-electron chi connectivity index (χ1n) is 10.7. The number of carbonyl (C=O) groups excluding carboxylic acids is 1. The van der Waals surface area contributed by atoms with Gasteiger partial charge < -0.3 is 14.8 Å². The molecule has 4 rings (SSSR count). The van der Waals surface area contributed by atoms with Gasteiger partial charge in [0.1, 0.15) is 17.9 Å². The molecule has 0 unspecified atom stereocenters. The quantitative estimate of drug-likeness (QED) is 0.342. The first-order valence-corrected chi connectivity index (χ1v) is 11.7. The average Bonchev–Trinajstić information content (AvgIpc) is 3.20. The van der Waals surface area contributed by atoms with Crippen molar-refractivity contribution in [2.75, 3.05) is 20.8 Å². The van der Waals surface area contributed by atoms with E-state index in [9.17, 15) is 9.18 Å². The highest BCUT2D eigenvalue weighted by Crippen LogP contribution is 2.28. The van der Waals surface area contributed by atoms with Crippen molar-refractivity contribution in [3.05, 3.63) is 77.7 Å². The molecule has 0 aliphatic heterocycles. The van der Waals surface area contributed by atoms with E-state index in [-0.39, 0.29) is 18.3 Å². The lowest BCUT2D eigenvalue weighted by molar-refractivity contribution is -0.121. The highest BCUT2D eigenvalue weighted by molar-refractivity contribution is 7.98. The predicted molar refractivity (Wildman–Crippen MR) is 130 cm³/mol. The maximum atomic E-state index is 13.5. The summed E-state index contributed by atoms with van der Waals surface area (Å²) < 4.78 is 25.9. The molecule has 1 amide bonds. The van der Waals surface area contributed by atoms with Gasteiger partial charge >= 0.3 is 0 Å². The van der Waals surface area contributed by atoms with Crippen LogP contribution in [-0.2, 0) is 23.5 Å². The molecule has 2 aromatic heterocycles. The third-order valence-corrected chi connectivity index (χ3v) is 6.26. The number of ether oxygens (including phenoxy) is 2. The van der Waals surface area contributed by atoms with Gasteiger partial charge in [-0.25, -0.2) is 14.4 Å². The summed E-state index contributed by atoms with van der Waals surface area (Å²) in [7, 11) is 3.19. The smallest absolute Gasteiger partial charge is 0.240 e. The molecule has 0 fully saturated rings. The number of nitrogens with zero attached hydrogens (tertiary/aromatic N) is 3. The highest BCUT2D eigenvalue weighted by atomic mass is 32.2. The topological polar surface area (TPSA) is 78.3 Å². The predicted octanol–water partition coefficient (Wildman–Crippen LogP) is 4.24. The van der Waals surface area contributed by atoms with Gasteiger partial charge in [0.25, 0.3) is 0 Å². The van der Waals surface area contributed by atoms with Gasteiger partial charge in [0.05, 0.1) is 14.2 Å². The van der Waals surface area contributed by atoms with Crippen LogP contribution in [0.4, 0.5) is 4.39 Å². The molecule has 0 aliphatic rings. The van der Waals surface area contributed by atoms with Crippen molar-refractivity contribution in [2.24, 2.45) is 0 Å². The SMILES string of the molecule is COc1ccc(CCNC(=O)Cn2c(SCc3cccc(F)c3)nc3cccnc32)cc1OC. The molecule has 0 atom stereocenters. The zero-order chi connectivity index (χ0) is 23.9. The lowest BCUT2D eigenvalue weighted by Gasteiger charge is -2.11. The van der Waals surface area contributed by atoms with Crippen LogP contribution >= 0.6 is 11.8 Å². The number of imidazole rings is 1. The van der Waals surface area contributed by atoms with E-state index in [1.165, 1.54) is 23.9 Å². The number of rotatable bonds is 10. The van der Waals surface area contributed by atoms with Crippen LogP contribution in [0.2, 0.25) is 0 Å². The molecular formula is C25H25FN4O3S. The summed E-state index contributed by atoms with van der Waals surface area (Å²) in [6.45, 7) is 0.561. The minimum Gasteiger partial charge on any atom is -0.493 e. The van der Waals surface area contributed by atoms with E-state index < -0.39 is 0 Å². The number of fused-ring (bicyclic) bond motifs is 1. The first kappa shape index (κ1) is 23.6. The van der Waals surface area contributed by atoms with E-state index in [4.69, 9.17) is 9.47 Å². The number of aromatic nitrogens is 3. The van der Waals surface area contributed by atoms with Crippen molar-refractivity contribution in [1.29, 1.82) is 0 Å². The second kappa shape index (κ2) is 11.0. The molecule has 4 aromatic rings. The number of amides is 1. The Morgan fingerprint density at radius 3 is 2.71 bits per heavy atom. The molecule has 2 heterocycles. The maximum absolute atomic E-state index is 13.5. The summed E-state index contributed by atoms with van der Waals surface area (Å²) in [6, 6.07) is 15.8. The number of methoxy groups -OCH3 is 2. The zero-order valence-corrected chi connectivity index (χ0v) is 19.8. The summed E-state index contributed by atoms with van der Waals surface area (Å²) >= 11 is 1.44. The standard InChI is InChI=1S/C25H25FN4O3S/c1-32-21-9-8-17(14-22(21)33-2)10-12-27-23(31)15-30-24-20(7-4-11-28-24)29-25(30)34-16-18-5-3-6-19(26)13-18/h3-9,11,13-14H,10,12,15-16H2,1-2H3,(H,27,31). The number of nitrogens with one attached hydrogen (secondary N) is 1. The van der Waals surface area contributed by atoms with Crippen LogP contribution in [0, 0.1) is 5.82 Å². The van der Waals surface area contributed by atoms with Crippen LogP contribution in [0.5, 0.6) is 11.5 Å². The van der Waals surface area contributed by atoms with Crippen LogP contribution in [-0.4, -0.2) is 41.2 Å². The highest BCUT2D eigenvalue weighted by Gasteiger charge is 2.15. The molecule has 0 aliphatic carbocycles. The van der Waals surface area contributed by atoms with Gasteiger partial charge in [0.2, 0.25) is 5.91 Å². The van der Waals surface area contributed by atoms with Gasteiger partial charge in [0.15, 0.2) is 22.3 Å². The van der Waals surface area contributed by atoms with Crippen LogP contribution in [0.3, 0.4) is 0 Å². The monoisotopic (exact) mass is 480 g/mol. The normalized spacial score (nSPS) is 10.9. The molecule has 2 aromatic carbocycles. The minimum atomic E-state index is -0.276. The van der Waals surface area contributed by atoms with E-state index in [2.05, 4.69) is 15.3 Å². The summed E-state index contributed by atoms with van der Waals surface area (Å²) in [6.07, 6.45) is 2.33. The largest absolute Gasteiger partial charge is 0.493 e. The minimum absolute atomic E-state index is 0.0882. The number of hydrogen-bond donors (Lipinski definition) is 1. The molecule has 0 radical (unpaired) electrons. The Bertz CT molecular complexity index is 1290. The lowest BCUT2D eigenvalue weighted by atomic mass is 10.1. The Balaban J connectivity index is 1.41. The van der Waals surface area contributed by atoms with Crippen LogP contribution in [0.25, 0.3) is 11.2 Å². The fourth-order valence-electron chi connectivity index (χ4n) is 3.55. The third-order valence-electron chi connectivity index (χ3n) is 5.21. The summed E-state index contributed by atoms with van der Waals surface area (Å²) in [4.78, 5) is 21.8. The molecule has 0 spiro atoms. The van der Waals surface area contributed by atoms with Crippen LogP contribution in [0.15, 0.2) is 66.0 Å². The molecule has 34 heavy (non-hydrogen) atoms. The van der Waals surface area contributed by atoms with Crippen molar-refractivity contribution >= 4 is 28.8 Å². The molecule has 1 N–H and O–H groups in total. The number of pyridine rings is 1. The second-order valence-electron chi connectivity index (χ2n) is 7.53. The molecule has 9 heteroatoms. The maximum Gasteiger partial charge on any atom is 0.240 e. The van der Waals surface area contributed by atoms with E-state index in [0.29, 0.717) is 46.5 Å². The first-order chi connectivity index (χ1) is 16.6. The number of halogens is 1. The molecule has 0 saturated carbocycles. The van der Waals surface area contributed by atoms with Gasteiger partial charge in [-0.2, -0.15) is 0 Å². The number of thioether (sulfide) groups is 1. The van der Waals surface area contributed by atoms with Crippen molar-refractivity contribution in [3.8, 4) is 11.5 Å². The fraction of sp³-hybridized carbons (Fsp3) is 0.240. The van der Waals surface area contributed by atoms with Gasteiger partial charge in [-0.05, 0) is 53.9 Å². The van der Waals surface area contributed by atoms with E-state index >= 15 is 0 Å². The van der Waals surface area contributed by atoms with Crippen molar-refractivity contribution < 1.29 is 18.7 Å². The molecule has 0 bridgehead atoms. The average molecular weight is 481 g/mol. The van der Waals surface area contributed by atoms with Crippen LogP contribution in [0.1, 0.15) is 11.1 Å². The Morgan fingerprint density at radius 1 is 1.06 bits per heavy atom. The van der Waals surface area contributed by atoms with Crippen molar-refractivity contribution in [3.63, 3.8) is 0 Å². The van der Waals surface area contributed by atoms with Gasteiger partial charge in [-0.1, -0.05) is 30.0 Å². The summed E-state index contributed by atoms with van der Waals surface area (Å²) in [5, 5.41) is 3.62. The Labute approximate surface area is 201 Å². The van der Waals surface area contributed by atoms with Crippen molar-refractivity contribution in [1.82, 2.24) is 19.9 Å². The van der Waals surface area contributed by atoms with Crippen molar-refractivity contribution in [2.45, 2.75) is 23.9 Å². The number of benzene rings is 2. The molecule has 7 nitrogen and oxygen atoms in total. The van der Waals surface area contributed by atoms with Gasteiger partial charge in [-0.15, -0.1) is 0 Å². The zero-order valence-electron chi connectivity index (χ0n) is 19.0. The Kier molecular flexibility index (Phi) is 7.64. The van der Waals surface area contributed by atoms with E-state index in [0.717, 1.165) is 11.1 Å². The van der Waals surface area contributed by atoms with Gasteiger partial charge in [-0.3, -0.25) is 9.36 Å². The second-order valence-corrected chi connectivity index (χ2v) is 8.48. The Hall–Kier alpha value is -3.59. The molecular weight excluding hydrogens is 455 g/mol. The van der Waals surface area contributed by atoms with Crippen LogP contribution < -0.4 is 14.8 Å². The summed E-state index contributed by atoms with van der Waals surface area (Å²) in [5.74, 6) is 1.43. The van der Waals surface area contributed by atoms with Gasteiger partial charge in [0, 0.05) is 18.5 Å². The molecule has 0 saturated heterocycles.